The quantitative estimate of drug-likeness (QED) is 0.647. The summed E-state index contributed by atoms with van der Waals surface area (Å²) in [5.41, 5.74) is 2.41. The Hall–Kier alpha value is -2.49. The number of nitrogens with one attached hydrogen (secondary N) is 1. The molecule has 0 heterocycles. The number of ether oxygens (including phenoxy) is 2. The molecule has 2 aromatic rings. The molecule has 0 aromatic heterocycles. The first-order valence-corrected chi connectivity index (χ1v) is 9.35. The van der Waals surface area contributed by atoms with Crippen molar-refractivity contribution in [2.24, 2.45) is 0 Å². The molecule has 0 spiro atoms. The first-order valence-electron chi connectivity index (χ1n) is 9.35. The zero-order chi connectivity index (χ0) is 18.8. The smallest absolute Gasteiger partial charge is 0.261 e. The van der Waals surface area contributed by atoms with Crippen molar-refractivity contribution in [3.8, 4) is 11.5 Å². The number of hydrogen-bond acceptors (Lipinski definition) is 3. The maximum atomic E-state index is 12.3. The van der Waals surface area contributed by atoms with Crippen LogP contribution in [0.15, 0.2) is 48.5 Å². The topological polar surface area (TPSA) is 47.6 Å². The Kier molecular flexibility index (Phi) is 8.00. The Morgan fingerprint density at radius 1 is 1.00 bits per heavy atom. The van der Waals surface area contributed by atoms with Crippen molar-refractivity contribution < 1.29 is 14.3 Å². The Labute approximate surface area is 156 Å². The van der Waals surface area contributed by atoms with E-state index < -0.39 is 6.10 Å². The molecule has 0 fully saturated rings. The van der Waals surface area contributed by atoms with E-state index in [9.17, 15) is 4.79 Å². The fourth-order valence-electron chi connectivity index (χ4n) is 2.64. The molecule has 0 aliphatic carbocycles. The lowest BCUT2D eigenvalue weighted by Crippen LogP contribution is -2.38. The standard InChI is InChI=1S/C22H29NO3/c1-4-21(26-20-12-8-17(3)9-13-20)22(24)23-16-6-7-18-10-14-19(15-11-18)25-5-2/h8-15,21H,4-7,16H2,1-3H3,(H,23,24)/t21-/m1/s1. The van der Waals surface area contributed by atoms with Crippen LogP contribution < -0.4 is 14.8 Å². The van der Waals surface area contributed by atoms with Gasteiger partial charge in [0.1, 0.15) is 11.5 Å². The van der Waals surface area contributed by atoms with Gasteiger partial charge in [-0.1, -0.05) is 36.8 Å². The lowest BCUT2D eigenvalue weighted by Gasteiger charge is -2.17. The summed E-state index contributed by atoms with van der Waals surface area (Å²) >= 11 is 0. The summed E-state index contributed by atoms with van der Waals surface area (Å²) in [5.74, 6) is 1.57. The van der Waals surface area contributed by atoms with Crippen LogP contribution in [-0.4, -0.2) is 25.2 Å². The summed E-state index contributed by atoms with van der Waals surface area (Å²) in [6.07, 6.45) is 1.99. The molecule has 140 valence electrons. The fourth-order valence-corrected chi connectivity index (χ4v) is 2.64. The van der Waals surface area contributed by atoms with E-state index in [0.717, 1.165) is 24.3 Å². The second kappa shape index (κ2) is 10.5. The third-order valence-electron chi connectivity index (χ3n) is 4.14. The molecule has 0 radical (unpaired) electrons. The number of rotatable bonds is 10. The normalized spacial score (nSPS) is 11.7. The van der Waals surface area contributed by atoms with Gasteiger partial charge in [0, 0.05) is 6.54 Å². The molecule has 4 nitrogen and oxygen atoms in total. The van der Waals surface area contributed by atoms with Crippen LogP contribution in [0.1, 0.15) is 37.8 Å². The summed E-state index contributed by atoms with van der Waals surface area (Å²) in [5, 5.41) is 2.98. The van der Waals surface area contributed by atoms with Crippen molar-refractivity contribution in [2.45, 2.75) is 46.1 Å². The number of benzene rings is 2. The molecule has 2 aromatic carbocycles. The van der Waals surface area contributed by atoms with Crippen molar-refractivity contribution >= 4 is 5.91 Å². The number of hydrogen-bond donors (Lipinski definition) is 1. The molecule has 0 saturated carbocycles. The molecule has 0 unspecified atom stereocenters. The van der Waals surface area contributed by atoms with Gasteiger partial charge in [0.25, 0.3) is 5.91 Å². The third kappa shape index (κ3) is 6.43. The maximum absolute atomic E-state index is 12.3. The van der Waals surface area contributed by atoms with Crippen LogP contribution in [0.25, 0.3) is 0 Å². The fraction of sp³-hybridized carbons (Fsp3) is 0.409. The molecule has 1 N–H and O–H groups in total. The Balaban J connectivity index is 1.73. The molecule has 0 aliphatic rings. The first kappa shape index (κ1) is 19.8. The van der Waals surface area contributed by atoms with Crippen LogP contribution in [0.3, 0.4) is 0 Å². The monoisotopic (exact) mass is 355 g/mol. The summed E-state index contributed by atoms with van der Waals surface area (Å²) in [6, 6.07) is 15.9. The summed E-state index contributed by atoms with van der Waals surface area (Å²) < 4.78 is 11.2. The van der Waals surface area contributed by atoms with E-state index in [1.54, 1.807) is 0 Å². The highest BCUT2D eigenvalue weighted by molar-refractivity contribution is 5.81. The second-order valence-corrected chi connectivity index (χ2v) is 6.30. The van der Waals surface area contributed by atoms with Gasteiger partial charge in [0.15, 0.2) is 6.10 Å². The zero-order valence-electron chi connectivity index (χ0n) is 16.0. The number of amides is 1. The van der Waals surface area contributed by atoms with Gasteiger partial charge in [0.05, 0.1) is 6.61 Å². The van der Waals surface area contributed by atoms with E-state index in [4.69, 9.17) is 9.47 Å². The van der Waals surface area contributed by atoms with Gasteiger partial charge in [-0.3, -0.25) is 4.79 Å². The van der Waals surface area contributed by atoms with E-state index in [1.165, 1.54) is 11.1 Å². The highest BCUT2D eigenvalue weighted by Gasteiger charge is 2.17. The van der Waals surface area contributed by atoms with Gasteiger partial charge in [-0.25, -0.2) is 0 Å². The maximum Gasteiger partial charge on any atom is 0.261 e. The average molecular weight is 355 g/mol. The Bertz CT molecular complexity index is 665. The van der Waals surface area contributed by atoms with Gasteiger partial charge in [-0.15, -0.1) is 0 Å². The van der Waals surface area contributed by atoms with E-state index in [-0.39, 0.29) is 5.91 Å². The predicted molar refractivity (Wildman–Crippen MR) is 105 cm³/mol. The van der Waals surface area contributed by atoms with Crippen LogP contribution in [-0.2, 0) is 11.2 Å². The average Bonchev–Trinajstić information content (AvgIpc) is 2.66. The zero-order valence-corrected chi connectivity index (χ0v) is 16.0. The third-order valence-corrected chi connectivity index (χ3v) is 4.14. The molecule has 0 saturated heterocycles. The minimum atomic E-state index is -0.455. The van der Waals surface area contributed by atoms with Crippen LogP contribution in [0, 0.1) is 6.92 Å². The van der Waals surface area contributed by atoms with E-state index in [0.29, 0.717) is 19.6 Å². The molecule has 1 amide bonds. The van der Waals surface area contributed by atoms with Gasteiger partial charge in [-0.2, -0.15) is 0 Å². The van der Waals surface area contributed by atoms with Crippen molar-refractivity contribution in [3.63, 3.8) is 0 Å². The largest absolute Gasteiger partial charge is 0.494 e. The summed E-state index contributed by atoms with van der Waals surface area (Å²) in [4.78, 5) is 12.3. The first-order chi connectivity index (χ1) is 12.6. The molecule has 0 bridgehead atoms. The predicted octanol–water partition coefficient (Wildman–Crippen LogP) is 4.30. The molecular formula is C22H29NO3. The lowest BCUT2D eigenvalue weighted by molar-refractivity contribution is -0.128. The van der Waals surface area contributed by atoms with Crippen LogP contribution in [0.2, 0.25) is 0 Å². The van der Waals surface area contributed by atoms with Crippen molar-refractivity contribution in [1.82, 2.24) is 5.32 Å². The Morgan fingerprint density at radius 3 is 2.27 bits per heavy atom. The minimum Gasteiger partial charge on any atom is -0.494 e. The summed E-state index contributed by atoms with van der Waals surface area (Å²) in [7, 11) is 0. The molecular weight excluding hydrogens is 326 g/mol. The van der Waals surface area contributed by atoms with E-state index >= 15 is 0 Å². The van der Waals surface area contributed by atoms with Gasteiger partial charge >= 0.3 is 0 Å². The lowest BCUT2D eigenvalue weighted by atomic mass is 10.1. The number of carbonyl (C=O) groups is 1. The molecule has 26 heavy (non-hydrogen) atoms. The van der Waals surface area contributed by atoms with Gasteiger partial charge in [-0.05, 0) is 62.9 Å². The van der Waals surface area contributed by atoms with Crippen LogP contribution >= 0.6 is 0 Å². The highest BCUT2D eigenvalue weighted by atomic mass is 16.5. The molecule has 0 aliphatic heterocycles. The molecule has 1 atom stereocenters. The van der Waals surface area contributed by atoms with Crippen molar-refractivity contribution in [2.75, 3.05) is 13.2 Å². The minimum absolute atomic E-state index is 0.0558. The number of aryl methyl sites for hydroxylation is 2. The number of carbonyl (C=O) groups excluding carboxylic acids is 1. The Morgan fingerprint density at radius 2 is 1.65 bits per heavy atom. The van der Waals surface area contributed by atoms with Crippen LogP contribution in [0.5, 0.6) is 11.5 Å². The van der Waals surface area contributed by atoms with Gasteiger partial charge in [0.2, 0.25) is 0 Å². The van der Waals surface area contributed by atoms with E-state index in [2.05, 4.69) is 17.4 Å². The van der Waals surface area contributed by atoms with E-state index in [1.807, 2.05) is 57.2 Å². The SMILES string of the molecule is CCOc1ccc(CCCNC(=O)[C@@H](CC)Oc2ccc(C)cc2)cc1. The highest BCUT2D eigenvalue weighted by Crippen LogP contribution is 2.15. The molecule has 4 heteroatoms. The van der Waals surface area contributed by atoms with Crippen molar-refractivity contribution in [1.29, 1.82) is 0 Å². The van der Waals surface area contributed by atoms with Crippen molar-refractivity contribution in [3.05, 3.63) is 59.7 Å². The van der Waals surface area contributed by atoms with Gasteiger partial charge < -0.3 is 14.8 Å². The molecule has 2 rings (SSSR count). The van der Waals surface area contributed by atoms with Crippen LogP contribution in [0.4, 0.5) is 0 Å². The second-order valence-electron chi connectivity index (χ2n) is 6.30. The summed E-state index contributed by atoms with van der Waals surface area (Å²) in [6.45, 7) is 7.27.